The van der Waals surface area contributed by atoms with Crippen molar-refractivity contribution in [3.63, 3.8) is 0 Å². The van der Waals surface area contributed by atoms with Crippen LogP contribution in [0.15, 0.2) is 30.3 Å². The Kier molecular flexibility index (Phi) is 5.39. The predicted molar refractivity (Wildman–Crippen MR) is 88.6 cm³/mol. The fraction of sp³-hybridized carbons (Fsp3) is 0.471. The topological polar surface area (TPSA) is 47.1 Å². The van der Waals surface area contributed by atoms with E-state index in [4.69, 9.17) is 10.8 Å². The van der Waals surface area contributed by atoms with Crippen LogP contribution < -0.4 is 5.73 Å². The van der Waals surface area contributed by atoms with Gasteiger partial charge in [0.2, 0.25) is 0 Å². The minimum Gasteiger partial charge on any atom is -0.384 e. The number of anilines is 1. The van der Waals surface area contributed by atoms with Gasteiger partial charge >= 0.3 is 0 Å². The summed E-state index contributed by atoms with van der Waals surface area (Å²) in [5.41, 5.74) is 9.42. The summed E-state index contributed by atoms with van der Waals surface area (Å²) in [7, 11) is 0. The van der Waals surface area contributed by atoms with Crippen molar-refractivity contribution in [1.29, 1.82) is 0 Å². The number of aryl methyl sites for hydroxylation is 1. The van der Waals surface area contributed by atoms with Crippen LogP contribution in [0.5, 0.6) is 0 Å². The first-order valence-corrected chi connectivity index (χ1v) is 7.78. The maximum atomic E-state index is 6.15. The molecule has 0 aliphatic carbocycles. The third kappa shape index (κ3) is 3.85. The number of nitrogen functional groups attached to an aromatic ring is 1. The summed E-state index contributed by atoms with van der Waals surface area (Å²) in [4.78, 5) is 2.43. The number of nitrogens with zero attached hydrogens (tertiary/aromatic N) is 3. The van der Waals surface area contributed by atoms with Crippen molar-refractivity contribution in [2.45, 2.75) is 40.2 Å². The highest BCUT2D eigenvalue weighted by Crippen LogP contribution is 2.18. The summed E-state index contributed by atoms with van der Waals surface area (Å²) >= 11 is 0. The van der Waals surface area contributed by atoms with Crippen LogP contribution in [0.4, 0.5) is 5.82 Å². The van der Waals surface area contributed by atoms with E-state index in [0.29, 0.717) is 5.82 Å². The van der Waals surface area contributed by atoms with E-state index in [1.807, 2.05) is 22.9 Å². The summed E-state index contributed by atoms with van der Waals surface area (Å²) in [5.74, 6) is 0.701. The van der Waals surface area contributed by atoms with Gasteiger partial charge in [-0.1, -0.05) is 32.0 Å². The molecule has 0 amide bonds. The van der Waals surface area contributed by atoms with Crippen LogP contribution in [0.3, 0.4) is 0 Å². The number of hydrogen-bond donors (Lipinski definition) is 1. The molecule has 2 rings (SSSR count). The van der Waals surface area contributed by atoms with Gasteiger partial charge in [0, 0.05) is 12.6 Å². The Balaban J connectivity index is 2.21. The summed E-state index contributed by atoms with van der Waals surface area (Å²) in [6.45, 7) is 9.57. The van der Waals surface area contributed by atoms with E-state index in [2.05, 4.69) is 37.8 Å². The molecule has 4 nitrogen and oxygen atoms in total. The average molecular weight is 286 g/mol. The Morgan fingerprint density at radius 2 is 1.81 bits per heavy atom. The molecule has 0 fully saturated rings. The van der Waals surface area contributed by atoms with Crippen molar-refractivity contribution in [3.05, 3.63) is 41.6 Å². The van der Waals surface area contributed by atoms with E-state index >= 15 is 0 Å². The Morgan fingerprint density at radius 3 is 2.43 bits per heavy atom. The van der Waals surface area contributed by atoms with Gasteiger partial charge in [0.15, 0.2) is 0 Å². The maximum Gasteiger partial charge on any atom is 0.127 e. The zero-order valence-corrected chi connectivity index (χ0v) is 13.3. The first-order chi connectivity index (χ1) is 10.2. The fourth-order valence-corrected chi connectivity index (χ4v) is 2.65. The van der Waals surface area contributed by atoms with Crippen LogP contribution in [0.1, 0.15) is 37.9 Å². The molecule has 0 spiro atoms. The van der Waals surface area contributed by atoms with Gasteiger partial charge in [-0.3, -0.25) is 4.90 Å². The Labute approximate surface area is 127 Å². The van der Waals surface area contributed by atoms with Crippen LogP contribution in [0.2, 0.25) is 0 Å². The first kappa shape index (κ1) is 15.6. The number of hydrogen-bond acceptors (Lipinski definition) is 3. The summed E-state index contributed by atoms with van der Waals surface area (Å²) in [6, 6.07) is 10.2. The van der Waals surface area contributed by atoms with Gasteiger partial charge in [0.05, 0.1) is 11.4 Å². The van der Waals surface area contributed by atoms with Crippen LogP contribution in [0, 0.1) is 6.92 Å². The van der Waals surface area contributed by atoms with Crippen molar-refractivity contribution < 1.29 is 0 Å². The lowest BCUT2D eigenvalue weighted by Crippen LogP contribution is -2.25. The predicted octanol–water partition coefficient (Wildman–Crippen LogP) is 3.38. The highest BCUT2D eigenvalue weighted by molar-refractivity contribution is 5.47. The molecule has 0 atom stereocenters. The molecule has 0 aliphatic heterocycles. The largest absolute Gasteiger partial charge is 0.384 e. The van der Waals surface area contributed by atoms with Crippen LogP contribution in [-0.4, -0.2) is 27.8 Å². The summed E-state index contributed by atoms with van der Waals surface area (Å²) in [6.07, 6.45) is 2.32. The Hall–Kier alpha value is -1.81. The third-order valence-corrected chi connectivity index (χ3v) is 3.60. The van der Waals surface area contributed by atoms with Gasteiger partial charge in [-0.15, -0.1) is 0 Å². The summed E-state index contributed by atoms with van der Waals surface area (Å²) in [5, 5.41) is 4.70. The van der Waals surface area contributed by atoms with E-state index in [1.54, 1.807) is 0 Å². The van der Waals surface area contributed by atoms with E-state index < -0.39 is 0 Å². The van der Waals surface area contributed by atoms with Crippen molar-refractivity contribution in [1.82, 2.24) is 14.7 Å². The molecule has 0 saturated carbocycles. The second-order valence-electron chi connectivity index (χ2n) is 5.53. The van der Waals surface area contributed by atoms with Crippen molar-refractivity contribution in [2.24, 2.45) is 0 Å². The molecule has 1 aromatic carbocycles. The Morgan fingerprint density at radius 1 is 1.14 bits per heavy atom. The van der Waals surface area contributed by atoms with Crippen molar-refractivity contribution in [3.8, 4) is 5.69 Å². The maximum absolute atomic E-state index is 6.15. The number of rotatable bonds is 7. The van der Waals surface area contributed by atoms with Gasteiger partial charge in [0.25, 0.3) is 0 Å². The second-order valence-corrected chi connectivity index (χ2v) is 5.53. The minimum atomic E-state index is 0.701. The third-order valence-electron chi connectivity index (χ3n) is 3.60. The first-order valence-electron chi connectivity index (χ1n) is 7.78. The van der Waals surface area contributed by atoms with Crippen molar-refractivity contribution in [2.75, 3.05) is 18.8 Å². The number of aromatic nitrogens is 2. The van der Waals surface area contributed by atoms with Crippen molar-refractivity contribution >= 4 is 5.82 Å². The number of para-hydroxylation sites is 1. The molecule has 4 heteroatoms. The normalized spacial score (nSPS) is 11.2. The van der Waals surface area contributed by atoms with E-state index in [9.17, 15) is 0 Å². The molecule has 1 heterocycles. The summed E-state index contributed by atoms with van der Waals surface area (Å²) < 4.78 is 1.85. The van der Waals surface area contributed by atoms with Crippen LogP contribution in [-0.2, 0) is 6.54 Å². The molecule has 2 aromatic rings. The van der Waals surface area contributed by atoms with E-state index in [-0.39, 0.29) is 0 Å². The highest BCUT2D eigenvalue weighted by Gasteiger charge is 2.11. The quantitative estimate of drug-likeness (QED) is 0.848. The van der Waals surface area contributed by atoms with Gasteiger partial charge in [-0.2, -0.15) is 5.10 Å². The lowest BCUT2D eigenvalue weighted by molar-refractivity contribution is 0.263. The SMILES string of the molecule is CCCN(CCC)Cc1cc(N)n(-c2ccccc2C)n1. The average Bonchev–Trinajstić information content (AvgIpc) is 2.80. The molecule has 0 radical (unpaired) electrons. The second kappa shape index (κ2) is 7.27. The van der Waals surface area contributed by atoms with Gasteiger partial charge in [-0.05, 0) is 44.5 Å². The molecular formula is C17H26N4. The highest BCUT2D eigenvalue weighted by atomic mass is 15.3. The fourth-order valence-electron chi connectivity index (χ4n) is 2.65. The standard InChI is InChI=1S/C17H26N4/c1-4-10-20(11-5-2)13-15-12-17(18)21(19-15)16-9-7-6-8-14(16)3/h6-9,12H,4-5,10-11,13,18H2,1-3H3. The smallest absolute Gasteiger partial charge is 0.127 e. The minimum absolute atomic E-state index is 0.701. The number of benzene rings is 1. The van der Waals surface area contributed by atoms with Crippen LogP contribution in [0.25, 0.3) is 5.69 Å². The molecule has 0 aliphatic rings. The zero-order valence-electron chi connectivity index (χ0n) is 13.3. The van der Waals surface area contributed by atoms with Gasteiger partial charge in [0.1, 0.15) is 5.82 Å². The molecule has 114 valence electrons. The van der Waals surface area contributed by atoms with Gasteiger partial charge < -0.3 is 5.73 Å². The molecule has 0 bridgehead atoms. The lowest BCUT2D eigenvalue weighted by Gasteiger charge is -2.19. The monoisotopic (exact) mass is 286 g/mol. The Bertz CT molecular complexity index is 568. The van der Waals surface area contributed by atoms with Gasteiger partial charge in [-0.25, -0.2) is 4.68 Å². The molecule has 0 unspecified atom stereocenters. The molecule has 21 heavy (non-hydrogen) atoms. The van der Waals surface area contributed by atoms with E-state index in [0.717, 1.165) is 43.9 Å². The van der Waals surface area contributed by atoms with E-state index in [1.165, 1.54) is 5.56 Å². The molecule has 0 saturated heterocycles. The molecule has 1 aromatic heterocycles. The van der Waals surface area contributed by atoms with Crippen LogP contribution >= 0.6 is 0 Å². The molecular weight excluding hydrogens is 260 g/mol. The number of nitrogens with two attached hydrogens (primary N) is 1. The molecule has 2 N–H and O–H groups in total. The zero-order chi connectivity index (χ0) is 15.2. The lowest BCUT2D eigenvalue weighted by atomic mass is 10.2.